The molecule has 0 bridgehead atoms. The van der Waals surface area contributed by atoms with Crippen LogP contribution in [0.15, 0.2) is 36.4 Å². The maximum atomic E-state index is 11.1. The van der Waals surface area contributed by atoms with Crippen LogP contribution in [0, 0.1) is 10.1 Å². The summed E-state index contributed by atoms with van der Waals surface area (Å²) in [5.41, 5.74) is 0.380. The number of hydrogen-bond donors (Lipinski definition) is 1. The molecule has 0 saturated heterocycles. The Morgan fingerprint density at radius 3 is 2.23 bits per heavy atom. The summed E-state index contributed by atoms with van der Waals surface area (Å²) in [4.78, 5) is 10.6. The topological polar surface area (TPSA) is 99.9 Å². The van der Waals surface area contributed by atoms with Crippen LogP contribution >= 0.6 is 31.5 Å². The smallest absolute Gasteiger partial charge is 0.319 e. The van der Waals surface area contributed by atoms with Gasteiger partial charge >= 0.3 is 8.25 Å². The zero-order valence-corrected chi connectivity index (χ0v) is 19.6. The Hall–Kier alpha value is -1.83. The molecule has 0 aliphatic heterocycles. The minimum absolute atomic E-state index is 0.0109. The van der Waals surface area contributed by atoms with Crippen LogP contribution in [-0.2, 0) is 13.6 Å². The largest absolute Gasteiger partial charge is 0.456 e. The Morgan fingerprint density at radius 2 is 1.73 bits per heavy atom. The van der Waals surface area contributed by atoms with Crippen LogP contribution < -0.4 is 10.1 Å². The number of rotatable bonds is 9. The van der Waals surface area contributed by atoms with E-state index in [2.05, 4.69) is 14.4 Å². The van der Waals surface area contributed by atoms with Crippen LogP contribution in [0.4, 0.5) is 11.4 Å². The standard InChI is InChI=1S/C15H14Cl2N2O3.C4H11O3P/c1-9(2)18-13-8-11(4-5-14(13)19(20)21)22-15-6-3-10(16)7-12(15)17;1-3-6-8(5)7-4-2/h3-9,18H,1-2H3;8H,3-4H2,1-2H3. The highest BCUT2D eigenvalue weighted by molar-refractivity contribution is 7.33. The molecule has 0 atom stereocenters. The number of ether oxygens (including phenoxy) is 1. The normalized spacial score (nSPS) is 10.5. The first kappa shape index (κ1) is 26.2. The van der Waals surface area contributed by atoms with Crippen LogP contribution in [0.2, 0.25) is 10.0 Å². The molecule has 0 aromatic heterocycles. The monoisotopic (exact) mass is 478 g/mol. The number of benzene rings is 2. The highest BCUT2D eigenvalue weighted by Crippen LogP contribution is 2.35. The van der Waals surface area contributed by atoms with Gasteiger partial charge in [0.15, 0.2) is 0 Å². The Labute approximate surface area is 186 Å². The van der Waals surface area contributed by atoms with Gasteiger partial charge in [0, 0.05) is 23.2 Å². The average Bonchev–Trinajstić information content (AvgIpc) is 2.64. The number of nitrogens with one attached hydrogen (secondary N) is 1. The maximum absolute atomic E-state index is 11.1. The number of nitro benzene ring substituents is 1. The van der Waals surface area contributed by atoms with E-state index in [0.29, 0.717) is 40.4 Å². The summed E-state index contributed by atoms with van der Waals surface area (Å²) >= 11 is 11.9. The molecule has 0 aliphatic rings. The third kappa shape index (κ3) is 9.32. The lowest BCUT2D eigenvalue weighted by atomic mass is 10.2. The number of anilines is 1. The zero-order chi connectivity index (χ0) is 22.7. The fraction of sp³-hybridized carbons (Fsp3) is 0.368. The quantitative estimate of drug-likeness (QED) is 0.236. The summed E-state index contributed by atoms with van der Waals surface area (Å²) in [5, 5.41) is 15.0. The van der Waals surface area contributed by atoms with E-state index < -0.39 is 13.2 Å². The van der Waals surface area contributed by atoms with E-state index in [1.807, 2.05) is 13.8 Å². The van der Waals surface area contributed by atoms with Crippen molar-refractivity contribution in [1.82, 2.24) is 0 Å². The molecule has 0 radical (unpaired) electrons. The second-order valence-corrected chi connectivity index (χ2v) is 7.95. The fourth-order valence-electron chi connectivity index (χ4n) is 2.13. The second-order valence-electron chi connectivity index (χ2n) is 6.03. The Morgan fingerprint density at radius 1 is 1.10 bits per heavy atom. The van der Waals surface area contributed by atoms with Gasteiger partial charge < -0.3 is 19.1 Å². The third-order valence-electron chi connectivity index (χ3n) is 3.26. The second kappa shape index (κ2) is 13.5. The molecule has 0 fully saturated rings. The van der Waals surface area contributed by atoms with Gasteiger partial charge in [-0.05, 0) is 52.0 Å². The molecule has 166 valence electrons. The Kier molecular flexibility index (Phi) is 11.8. The first-order chi connectivity index (χ1) is 14.2. The van der Waals surface area contributed by atoms with Gasteiger partial charge in [0.2, 0.25) is 0 Å². The van der Waals surface area contributed by atoms with Gasteiger partial charge in [-0.15, -0.1) is 0 Å². The molecule has 2 rings (SSSR count). The highest BCUT2D eigenvalue weighted by Gasteiger charge is 2.16. The van der Waals surface area contributed by atoms with Crippen LogP contribution in [0.5, 0.6) is 11.5 Å². The summed E-state index contributed by atoms with van der Waals surface area (Å²) in [5.74, 6) is 0.869. The molecule has 11 heteroatoms. The zero-order valence-electron chi connectivity index (χ0n) is 17.1. The number of halogens is 2. The highest BCUT2D eigenvalue weighted by atomic mass is 35.5. The van der Waals surface area contributed by atoms with Crippen LogP contribution in [-0.4, -0.2) is 24.2 Å². The van der Waals surface area contributed by atoms with Gasteiger partial charge in [-0.25, -0.2) is 0 Å². The Bertz CT molecular complexity index is 859. The lowest BCUT2D eigenvalue weighted by molar-refractivity contribution is -0.384. The first-order valence-corrected chi connectivity index (χ1v) is 11.1. The van der Waals surface area contributed by atoms with E-state index in [-0.39, 0.29) is 11.7 Å². The van der Waals surface area contributed by atoms with E-state index >= 15 is 0 Å². The first-order valence-electron chi connectivity index (χ1n) is 9.15. The van der Waals surface area contributed by atoms with E-state index in [1.54, 1.807) is 38.1 Å². The van der Waals surface area contributed by atoms with Crippen molar-refractivity contribution in [3.05, 3.63) is 56.6 Å². The van der Waals surface area contributed by atoms with Crippen LogP contribution in [0.3, 0.4) is 0 Å². The van der Waals surface area contributed by atoms with Crippen molar-refractivity contribution < 1.29 is 23.3 Å². The van der Waals surface area contributed by atoms with Gasteiger partial charge in [0.1, 0.15) is 17.2 Å². The van der Waals surface area contributed by atoms with E-state index in [9.17, 15) is 14.7 Å². The number of nitrogens with zero attached hydrogens (tertiary/aromatic N) is 1. The van der Waals surface area contributed by atoms with Crippen molar-refractivity contribution in [3.63, 3.8) is 0 Å². The average molecular weight is 479 g/mol. The molecule has 1 N–H and O–H groups in total. The van der Waals surface area contributed by atoms with Crippen molar-refractivity contribution in [3.8, 4) is 11.5 Å². The molecule has 30 heavy (non-hydrogen) atoms. The lowest BCUT2D eigenvalue weighted by Crippen LogP contribution is -2.11. The molecular weight excluding hydrogens is 454 g/mol. The molecule has 0 spiro atoms. The summed E-state index contributed by atoms with van der Waals surface area (Å²) in [7, 11) is -2.14. The maximum Gasteiger partial charge on any atom is 0.319 e. The lowest BCUT2D eigenvalue weighted by Gasteiger charge is -2.13. The van der Waals surface area contributed by atoms with E-state index in [4.69, 9.17) is 27.9 Å². The molecular formula is C19H25Cl2N2O6P. The summed E-state index contributed by atoms with van der Waals surface area (Å²) in [6, 6.07) is 9.40. The minimum atomic E-state index is -2.14. The van der Waals surface area contributed by atoms with Gasteiger partial charge in [-0.2, -0.15) is 0 Å². The van der Waals surface area contributed by atoms with Crippen molar-refractivity contribution in [2.24, 2.45) is 0 Å². The fourth-order valence-corrected chi connectivity index (χ4v) is 3.13. The van der Waals surface area contributed by atoms with Crippen LogP contribution in [0.25, 0.3) is 0 Å². The molecule has 0 saturated carbocycles. The molecule has 0 heterocycles. The third-order valence-corrected chi connectivity index (χ3v) is 4.83. The minimum Gasteiger partial charge on any atom is -0.456 e. The molecule has 2 aromatic carbocycles. The molecule has 0 aliphatic carbocycles. The Balaban J connectivity index is 0.000000479. The summed E-state index contributed by atoms with van der Waals surface area (Å²) in [6.45, 7) is 8.26. The molecule has 8 nitrogen and oxygen atoms in total. The summed E-state index contributed by atoms with van der Waals surface area (Å²) < 4.78 is 25.3. The predicted molar refractivity (Wildman–Crippen MR) is 121 cm³/mol. The SMILES string of the molecule is CC(C)Nc1cc(Oc2ccc(Cl)cc2Cl)ccc1[N+](=O)[O-].CCO[PH](=O)OCC. The molecule has 2 aromatic rings. The van der Waals surface area contributed by atoms with Crippen molar-refractivity contribution in [2.45, 2.75) is 33.7 Å². The van der Waals surface area contributed by atoms with Crippen molar-refractivity contribution >= 4 is 42.8 Å². The van der Waals surface area contributed by atoms with Crippen molar-refractivity contribution in [2.75, 3.05) is 18.5 Å². The van der Waals surface area contributed by atoms with Crippen molar-refractivity contribution in [1.29, 1.82) is 0 Å². The van der Waals surface area contributed by atoms with E-state index in [0.717, 1.165) is 0 Å². The number of nitro groups is 1. The summed E-state index contributed by atoms with van der Waals surface area (Å²) in [6.07, 6.45) is 0. The molecule has 0 unspecified atom stereocenters. The van der Waals surface area contributed by atoms with Gasteiger partial charge in [-0.3, -0.25) is 14.7 Å². The van der Waals surface area contributed by atoms with Gasteiger partial charge in [0.25, 0.3) is 5.69 Å². The number of hydrogen-bond acceptors (Lipinski definition) is 7. The molecule has 0 amide bonds. The van der Waals surface area contributed by atoms with Gasteiger partial charge in [0.05, 0.1) is 23.2 Å². The predicted octanol–water partition coefficient (Wildman–Crippen LogP) is 6.96. The van der Waals surface area contributed by atoms with E-state index in [1.165, 1.54) is 12.1 Å². The van der Waals surface area contributed by atoms with Gasteiger partial charge in [-0.1, -0.05) is 23.2 Å². The van der Waals surface area contributed by atoms with Crippen LogP contribution in [0.1, 0.15) is 27.7 Å².